The van der Waals surface area contributed by atoms with E-state index in [2.05, 4.69) is 37.0 Å². The van der Waals surface area contributed by atoms with E-state index >= 15 is 0 Å². The lowest BCUT2D eigenvalue weighted by Crippen LogP contribution is -2.47. The highest BCUT2D eigenvalue weighted by Crippen LogP contribution is 2.25. The Kier molecular flexibility index (Phi) is 5.87. The molecule has 0 bridgehead atoms. The van der Waals surface area contributed by atoms with Gasteiger partial charge in [-0.3, -0.25) is 0 Å². The summed E-state index contributed by atoms with van der Waals surface area (Å²) in [6, 6.07) is 1.95. The van der Waals surface area contributed by atoms with Gasteiger partial charge >= 0.3 is 5.97 Å². The Morgan fingerprint density at radius 3 is 2.65 bits per heavy atom. The molecule has 8 nitrogen and oxygen atoms in total. The van der Waals surface area contributed by atoms with Crippen LogP contribution in [0, 0.1) is 6.92 Å². The van der Waals surface area contributed by atoms with Gasteiger partial charge in [-0.15, -0.1) is 0 Å². The molecule has 0 spiro atoms. The zero-order valence-electron chi connectivity index (χ0n) is 15.4. The third kappa shape index (κ3) is 4.21. The summed E-state index contributed by atoms with van der Waals surface area (Å²) in [5.74, 6) is 1.31. The molecule has 1 aliphatic heterocycles. The summed E-state index contributed by atoms with van der Waals surface area (Å²) in [5.41, 5.74) is 0.951. The zero-order chi connectivity index (χ0) is 18.5. The molecule has 2 aromatic rings. The fourth-order valence-electron chi connectivity index (χ4n) is 2.77. The molecule has 26 heavy (non-hydrogen) atoms. The summed E-state index contributed by atoms with van der Waals surface area (Å²) in [6.45, 7) is 10.3. The minimum Gasteiger partial charge on any atom is -0.462 e. The van der Waals surface area contributed by atoms with E-state index in [1.807, 2.05) is 13.0 Å². The monoisotopic (exact) mass is 376 g/mol. The van der Waals surface area contributed by atoms with Crippen molar-refractivity contribution >= 4 is 34.2 Å². The van der Waals surface area contributed by atoms with Crippen LogP contribution in [0.25, 0.3) is 0 Å². The van der Waals surface area contributed by atoms with E-state index in [0.717, 1.165) is 55.3 Å². The van der Waals surface area contributed by atoms with Crippen LogP contribution >= 0.6 is 11.3 Å². The molecular weight excluding hydrogens is 352 g/mol. The number of rotatable bonds is 6. The number of aryl methyl sites for hydroxylation is 1. The Balaban J connectivity index is 1.63. The van der Waals surface area contributed by atoms with Gasteiger partial charge in [-0.1, -0.05) is 11.3 Å². The highest BCUT2D eigenvalue weighted by Gasteiger charge is 2.23. The van der Waals surface area contributed by atoms with Gasteiger partial charge in [0.05, 0.1) is 12.8 Å². The van der Waals surface area contributed by atoms with E-state index in [4.69, 9.17) is 4.74 Å². The number of carbonyl (C=O) groups excluding carboxylic acids is 1. The molecule has 0 atom stereocenters. The normalized spacial score (nSPS) is 14.4. The van der Waals surface area contributed by atoms with E-state index in [0.29, 0.717) is 11.5 Å². The summed E-state index contributed by atoms with van der Waals surface area (Å²) in [7, 11) is 0. The largest absolute Gasteiger partial charge is 0.462 e. The Morgan fingerprint density at radius 1 is 1.23 bits per heavy atom. The summed E-state index contributed by atoms with van der Waals surface area (Å²) in [5, 5.41) is 4.10. The SMILES string of the molecule is CCNc1cc(C)nc(N2CCN(c3ncc(C(=O)OCC)s3)CC2)n1. The highest BCUT2D eigenvalue weighted by molar-refractivity contribution is 7.17. The van der Waals surface area contributed by atoms with Crippen molar-refractivity contribution in [3.05, 3.63) is 22.8 Å². The number of nitrogens with one attached hydrogen (secondary N) is 1. The number of anilines is 3. The third-order valence-corrected chi connectivity index (χ3v) is 5.04. The lowest BCUT2D eigenvalue weighted by molar-refractivity contribution is 0.0532. The topological polar surface area (TPSA) is 83.5 Å². The van der Waals surface area contributed by atoms with Crippen LogP contribution in [0.3, 0.4) is 0 Å². The maximum Gasteiger partial charge on any atom is 0.350 e. The Bertz CT molecular complexity index is 757. The second kappa shape index (κ2) is 8.31. The summed E-state index contributed by atoms with van der Waals surface area (Å²) in [6.07, 6.45) is 1.59. The number of carbonyl (C=O) groups is 1. The van der Waals surface area contributed by atoms with Crippen molar-refractivity contribution < 1.29 is 9.53 Å². The maximum atomic E-state index is 11.8. The van der Waals surface area contributed by atoms with Crippen molar-refractivity contribution in [2.45, 2.75) is 20.8 Å². The Morgan fingerprint density at radius 2 is 1.96 bits per heavy atom. The smallest absolute Gasteiger partial charge is 0.350 e. The second-order valence-electron chi connectivity index (χ2n) is 5.93. The standard InChI is InChI=1S/C17H24N6O2S/c1-4-18-14-10-12(3)20-16(21-14)22-6-8-23(9-7-22)17-19-11-13(26-17)15(24)25-5-2/h10-11H,4-9H2,1-3H3,(H,18,20,21). The fraction of sp³-hybridized carbons (Fsp3) is 0.529. The predicted molar refractivity (Wildman–Crippen MR) is 103 cm³/mol. The number of esters is 1. The molecule has 1 N–H and O–H groups in total. The molecule has 0 aliphatic carbocycles. The number of thiazole rings is 1. The molecule has 0 radical (unpaired) electrons. The first kappa shape index (κ1) is 18.4. The van der Waals surface area contributed by atoms with Crippen LogP contribution in [0.5, 0.6) is 0 Å². The predicted octanol–water partition coefficient (Wildman–Crippen LogP) is 2.18. The molecule has 1 saturated heterocycles. The fourth-order valence-corrected chi connectivity index (χ4v) is 3.63. The van der Waals surface area contributed by atoms with Gasteiger partial charge in [0.1, 0.15) is 10.7 Å². The van der Waals surface area contributed by atoms with Gasteiger partial charge in [-0.05, 0) is 20.8 Å². The highest BCUT2D eigenvalue weighted by atomic mass is 32.1. The average Bonchev–Trinajstić information content (AvgIpc) is 3.12. The van der Waals surface area contributed by atoms with Crippen LogP contribution in [-0.4, -0.2) is 60.3 Å². The number of hydrogen-bond acceptors (Lipinski definition) is 9. The van der Waals surface area contributed by atoms with Crippen LogP contribution in [-0.2, 0) is 4.74 Å². The molecule has 1 aliphatic rings. The van der Waals surface area contributed by atoms with Crippen molar-refractivity contribution in [2.75, 3.05) is 54.4 Å². The number of hydrogen-bond donors (Lipinski definition) is 1. The summed E-state index contributed by atoms with van der Waals surface area (Å²) in [4.78, 5) is 30.3. The van der Waals surface area contributed by atoms with E-state index in [1.54, 1.807) is 13.1 Å². The zero-order valence-corrected chi connectivity index (χ0v) is 16.2. The summed E-state index contributed by atoms with van der Waals surface area (Å²) < 4.78 is 5.03. The molecule has 140 valence electrons. The minimum atomic E-state index is -0.306. The van der Waals surface area contributed by atoms with Crippen LogP contribution in [0.2, 0.25) is 0 Å². The van der Waals surface area contributed by atoms with Crippen molar-refractivity contribution in [3.8, 4) is 0 Å². The second-order valence-corrected chi connectivity index (χ2v) is 6.94. The van der Waals surface area contributed by atoms with E-state index in [9.17, 15) is 4.79 Å². The molecule has 3 rings (SSSR count). The lowest BCUT2D eigenvalue weighted by Gasteiger charge is -2.34. The number of aromatic nitrogens is 3. The molecule has 2 aromatic heterocycles. The number of ether oxygens (including phenoxy) is 1. The van der Waals surface area contributed by atoms with Crippen molar-refractivity contribution in [2.24, 2.45) is 0 Å². The van der Waals surface area contributed by atoms with E-state index in [1.165, 1.54) is 11.3 Å². The molecule has 9 heteroatoms. The van der Waals surface area contributed by atoms with Crippen LogP contribution in [0.15, 0.2) is 12.3 Å². The van der Waals surface area contributed by atoms with E-state index < -0.39 is 0 Å². The number of piperazine rings is 1. The van der Waals surface area contributed by atoms with Gasteiger partial charge in [0.2, 0.25) is 5.95 Å². The quantitative estimate of drug-likeness (QED) is 0.768. The minimum absolute atomic E-state index is 0.306. The lowest BCUT2D eigenvalue weighted by atomic mass is 10.3. The summed E-state index contributed by atoms with van der Waals surface area (Å²) >= 11 is 1.38. The average molecular weight is 376 g/mol. The molecule has 0 unspecified atom stereocenters. The van der Waals surface area contributed by atoms with Gasteiger partial charge < -0.3 is 19.9 Å². The van der Waals surface area contributed by atoms with Gasteiger partial charge in [-0.25, -0.2) is 14.8 Å². The van der Waals surface area contributed by atoms with Crippen molar-refractivity contribution in [3.63, 3.8) is 0 Å². The first-order chi connectivity index (χ1) is 12.6. The van der Waals surface area contributed by atoms with Crippen molar-refractivity contribution in [1.82, 2.24) is 15.0 Å². The van der Waals surface area contributed by atoms with Gasteiger partial charge in [-0.2, -0.15) is 4.98 Å². The molecular formula is C17H24N6O2S. The Hall–Kier alpha value is -2.42. The van der Waals surface area contributed by atoms with E-state index in [-0.39, 0.29) is 5.97 Å². The van der Waals surface area contributed by atoms with Gasteiger partial charge in [0, 0.05) is 44.5 Å². The number of nitrogens with zero attached hydrogens (tertiary/aromatic N) is 5. The first-order valence-corrected chi connectivity index (χ1v) is 9.64. The van der Waals surface area contributed by atoms with Crippen molar-refractivity contribution in [1.29, 1.82) is 0 Å². The van der Waals surface area contributed by atoms with Gasteiger partial charge in [0.25, 0.3) is 0 Å². The maximum absolute atomic E-state index is 11.8. The third-order valence-electron chi connectivity index (χ3n) is 4.00. The van der Waals surface area contributed by atoms with Gasteiger partial charge in [0.15, 0.2) is 5.13 Å². The van der Waals surface area contributed by atoms with Crippen LogP contribution in [0.1, 0.15) is 29.2 Å². The molecule has 0 aromatic carbocycles. The molecule has 0 amide bonds. The molecule has 0 saturated carbocycles. The molecule has 3 heterocycles. The van der Waals surface area contributed by atoms with Crippen LogP contribution < -0.4 is 15.1 Å². The first-order valence-electron chi connectivity index (χ1n) is 8.83. The molecule has 1 fully saturated rings. The Labute approximate surface area is 157 Å². The van der Waals surface area contributed by atoms with Crippen LogP contribution in [0.4, 0.5) is 16.9 Å².